The van der Waals surface area contributed by atoms with Crippen molar-refractivity contribution in [3.63, 3.8) is 0 Å². The second-order valence-electron chi connectivity index (χ2n) is 5.05. The van der Waals surface area contributed by atoms with Crippen molar-refractivity contribution < 1.29 is 14.3 Å². The molecule has 18 heavy (non-hydrogen) atoms. The minimum atomic E-state index is -0.400. The van der Waals surface area contributed by atoms with Gasteiger partial charge in [-0.05, 0) is 43.6 Å². The number of hydrogen-bond acceptors (Lipinski definition) is 5. The first-order valence-electron chi connectivity index (χ1n) is 6.45. The van der Waals surface area contributed by atoms with Gasteiger partial charge in [-0.25, -0.2) is 4.79 Å². The predicted molar refractivity (Wildman–Crippen MR) is 63.3 cm³/mol. The summed E-state index contributed by atoms with van der Waals surface area (Å²) >= 11 is 0. The zero-order valence-corrected chi connectivity index (χ0v) is 10.2. The first-order chi connectivity index (χ1) is 8.81. The molecule has 96 valence electrons. The molecule has 0 atom stereocenters. The van der Waals surface area contributed by atoms with Crippen LogP contribution in [0.2, 0.25) is 0 Å². The second kappa shape index (κ2) is 4.92. The lowest BCUT2D eigenvalue weighted by atomic mass is 10.4. The van der Waals surface area contributed by atoms with Crippen LogP contribution in [0.25, 0.3) is 0 Å². The van der Waals surface area contributed by atoms with Gasteiger partial charge in [0, 0.05) is 6.07 Å². The molecular weight excluding hydrogens is 232 g/mol. The molecule has 1 heterocycles. The van der Waals surface area contributed by atoms with Gasteiger partial charge in [0.25, 0.3) is 0 Å². The third kappa shape index (κ3) is 3.18. The van der Waals surface area contributed by atoms with Crippen molar-refractivity contribution in [3.8, 4) is 5.88 Å². The molecule has 0 unspecified atom stereocenters. The predicted octanol–water partition coefficient (Wildman–Crippen LogP) is 1.83. The van der Waals surface area contributed by atoms with E-state index in [1.165, 1.54) is 12.8 Å². The molecule has 5 heteroatoms. The van der Waals surface area contributed by atoms with Gasteiger partial charge in [-0.1, -0.05) is 0 Å². The van der Waals surface area contributed by atoms with E-state index in [9.17, 15) is 4.79 Å². The SMILES string of the molecule is O=C(OCC1CC1)c1ccc(OCC2CC2)nn1. The van der Waals surface area contributed by atoms with E-state index in [0.717, 1.165) is 12.8 Å². The molecule has 0 aromatic carbocycles. The van der Waals surface area contributed by atoms with Crippen molar-refractivity contribution in [1.29, 1.82) is 0 Å². The van der Waals surface area contributed by atoms with Crippen LogP contribution in [0.5, 0.6) is 5.88 Å². The van der Waals surface area contributed by atoms with E-state index >= 15 is 0 Å². The number of rotatable bonds is 6. The lowest BCUT2D eigenvalue weighted by Crippen LogP contribution is -2.11. The summed E-state index contributed by atoms with van der Waals surface area (Å²) in [6.07, 6.45) is 4.79. The average Bonchev–Trinajstić information content (AvgIpc) is 3.29. The molecule has 0 aliphatic heterocycles. The minimum absolute atomic E-state index is 0.245. The molecule has 0 radical (unpaired) electrons. The Bertz CT molecular complexity index is 424. The molecule has 0 amide bonds. The quantitative estimate of drug-likeness (QED) is 0.719. The number of ether oxygens (including phenoxy) is 2. The number of esters is 1. The Labute approximate surface area is 106 Å². The summed E-state index contributed by atoms with van der Waals surface area (Å²) in [7, 11) is 0. The van der Waals surface area contributed by atoms with E-state index in [1.807, 2.05) is 0 Å². The monoisotopic (exact) mass is 248 g/mol. The Morgan fingerprint density at radius 3 is 2.44 bits per heavy atom. The van der Waals surface area contributed by atoms with Crippen molar-refractivity contribution in [3.05, 3.63) is 17.8 Å². The highest BCUT2D eigenvalue weighted by Gasteiger charge is 2.24. The third-order valence-electron chi connectivity index (χ3n) is 3.16. The molecule has 0 spiro atoms. The molecular formula is C13H16N2O3. The normalized spacial score (nSPS) is 18.4. The van der Waals surface area contributed by atoms with Gasteiger partial charge in [0.05, 0.1) is 13.2 Å². The summed E-state index contributed by atoms with van der Waals surface area (Å²) in [4.78, 5) is 11.6. The summed E-state index contributed by atoms with van der Waals surface area (Å²) in [5.74, 6) is 1.31. The zero-order chi connectivity index (χ0) is 12.4. The molecule has 0 bridgehead atoms. The number of carbonyl (C=O) groups is 1. The van der Waals surface area contributed by atoms with Gasteiger partial charge >= 0.3 is 5.97 Å². The standard InChI is InChI=1S/C13H16N2O3/c16-13(18-8-10-3-4-10)11-5-6-12(15-14-11)17-7-9-1-2-9/h5-6,9-10H,1-4,7-8H2. The largest absolute Gasteiger partial charge is 0.476 e. The van der Waals surface area contributed by atoms with Gasteiger partial charge in [-0.15, -0.1) is 10.2 Å². The molecule has 1 aromatic rings. The molecule has 0 N–H and O–H groups in total. The Kier molecular flexibility index (Phi) is 3.13. The van der Waals surface area contributed by atoms with E-state index in [0.29, 0.717) is 30.9 Å². The Morgan fingerprint density at radius 2 is 1.83 bits per heavy atom. The lowest BCUT2D eigenvalue weighted by Gasteiger charge is -2.04. The average molecular weight is 248 g/mol. The Morgan fingerprint density at radius 1 is 1.11 bits per heavy atom. The van der Waals surface area contributed by atoms with Crippen LogP contribution in [0.4, 0.5) is 0 Å². The molecule has 1 aromatic heterocycles. The molecule has 0 saturated heterocycles. The maximum atomic E-state index is 11.6. The topological polar surface area (TPSA) is 61.3 Å². The van der Waals surface area contributed by atoms with Crippen LogP contribution < -0.4 is 4.74 Å². The fraction of sp³-hybridized carbons (Fsp3) is 0.615. The van der Waals surface area contributed by atoms with Crippen LogP contribution in [0.3, 0.4) is 0 Å². The number of nitrogens with zero attached hydrogens (tertiary/aromatic N) is 2. The van der Waals surface area contributed by atoms with Crippen LogP contribution in [0, 0.1) is 11.8 Å². The van der Waals surface area contributed by atoms with Crippen LogP contribution in [0.15, 0.2) is 12.1 Å². The fourth-order valence-corrected chi connectivity index (χ4v) is 1.55. The highest BCUT2D eigenvalue weighted by molar-refractivity contribution is 5.86. The number of hydrogen-bond donors (Lipinski definition) is 0. The molecule has 2 aliphatic carbocycles. The van der Waals surface area contributed by atoms with E-state index in [1.54, 1.807) is 12.1 Å². The van der Waals surface area contributed by atoms with Crippen LogP contribution in [-0.2, 0) is 4.74 Å². The van der Waals surface area contributed by atoms with E-state index in [2.05, 4.69) is 10.2 Å². The number of aromatic nitrogens is 2. The smallest absolute Gasteiger partial charge is 0.358 e. The van der Waals surface area contributed by atoms with Crippen LogP contribution in [-0.4, -0.2) is 29.4 Å². The highest BCUT2D eigenvalue weighted by Crippen LogP contribution is 2.29. The third-order valence-corrected chi connectivity index (χ3v) is 3.16. The van der Waals surface area contributed by atoms with Crippen LogP contribution in [0.1, 0.15) is 36.2 Å². The van der Waals surface area contributed by atoms with Crippen molar-refractivity contribution in [2.24, 2.45) is 11.8 Å². The number of carbonyl (C=O) groups excluding carboxylic acids is 1. The van der Waals surface area contributed by atoms with Gasteiger partial charge in [0.2, 0.25) is 5.88 Å². The Balaban J connectivity index is 1.50. The summed E-state index contributed by atoms with van der Waals surface area (Å²) in [6, 6.07) is 3.27. The molecule has 2 aliphatic rings. The molecule has 5 nitrogen and oxygen atoms in total. The van der Waals surface area contributed by atoms with Crippen LogP contribution >= 0.6 is 0 Å². The van der Waals surface area contributed by atoms with Gasteiger partial charge < -0.3 is 9.47 Å². The van der Waals surface area contributed by atoms with E-state index in [-0.39, 0.29) is 5.69 Å². The summed E-state index contributed by atoms with van der Waals surface area (Å²) < 4.78 is 10.6. The lowest BCUT2D eigenvalue weighted by molar-refractivity contribution is 0.0477. The van der Waals surface area contributed by atoms with Gasteiger partial charge in [0.15, 0.2) is 5.69 Å². The molecule has 2 fully saturated rings. The molecule has 2 saturated carbocycles. The fourth-order valence-electron chi connectivity index (χ4n) is 1.55. The zero-order valence-electron chi connectivity index (χ0n) is 10.2. The van der Waals surface area contributed by atoms with Gasteiger partial charge in [-0.3, -0.25) is 0 Å². The van der Waals surface area contributed by atoms with Gasteiger partial charge in [0.1, 0.15) is 0 Å². The summed E-state index contributed by atoms with van der Waals surface area (Å²) in [5.41, 5.74) is 0.245. The minimum Gasteiger partial charge on any atom is -0.476 e. The van der Waals surface area contributed by atoms with E-state index in [4.69, 9.17) is 9.47 Å². The van der Waals surface area contributed by atoms with Crippen molar-refractivity contribution in [1.82, 2.24) is 10.2 Å². The first-order valence-corrected chi connectivity index (χ1v) is 6.45. The maximum Gasteiger partial charge on any atom is 0.358 e. The Hall–Kier alpha value is -1.65. The highest BCUT2D eigenvalue weighted by atomic mass is 16.5. The summed E-state index contributed by atoms with van der Waals surface area (Å²) in [5, 5.41) is 7.69. The summed E-state index contributed by atoms with van der Waals surface area (Å²) in [6.45, 7) is 1.20. The molecule has 3 rings (SSSR count). The maximum absolute atomic E-state index is 11.6. The van der Waals surface area contributed by atoms with Crippen molar-refractivity contribution in [2.75, 3.05) is 13.2 Å². The van der Waals surface area contributed by atoms with Crippen molar-refractivity contribution >= 4 is 5.97 Å². The first kappa shape index (κ1) is 11.4. The second-order valence-corrected chi connectivity index (χ2v) is 5.05. The van der Waals surface area contributed by atoms with E-state index < -0.39 is 5.97 Å². The van der Waals surface area contributed by atoms with Gasteiger partial charge in [-0.2, -0.15) is 0 Å². The van der Waals surface area contributed by atoms with Crippen molar-refractivity contribution in [2.45, 2.75) is 25.7 Å².